The fourth-order valence-electron chi connectivity index (χ4n) is 2.70. The van der Waals surface area contributed by atoms with Crippen molar-refractivity contribution in [2.24, 2.45) is 4.99 Å². The summed E-state index contributed by atoms with van der Waals surface area (Å²) in [5.41, 5.74) is 1.46. The Morgan fingerprint density at radius 2 is 1.81 bits per heavy atom. The van der Waals surface area contributed by atoms with E-state index in [2.05, 4.69) is 4.99 Å². The molecule has 0 atom stereocenters. The van der Waals surface area contributed by atoms with E-state index in [9.17, 15) is 4.79 Å². The number of nitrogens with zero attached hydrogens (tertiary/aromatic N) is 2. The summed E-state index contributed by atoms with van der Waals surface area (Å²) >= 11 is 1.48. The van der Waals surface area contributed by atoms with E-state index in [0.29, 0.717) is 41.6 Å². The number of hydrogen-bond acceptors (Lipinski definition) is 5. The summed E-state index contributed by atoms with van der Waals surface area (Å²) < 4.78 is 19.1. The molecule has 27 heavy (non-hydrogen) atoms. The quantitative estimate of drug-likeness (QED) is 0.583. The SMILES string of the molecule is CCOCCn1c(=NC(=O)c2cc(OC)cc(OC)c2)sc2ccccc21. The van der Waals surface area contributed by atoms with Crippen molar-refractivity contribution in [3.63, 3.8) is 0 Å². The summed E-state index contributed by atoms with van der Waals surface area (Å²) in [7, 11) is 3.10. The molecule has 1 aromatic heterocycles. The van der Waals surface area contributed by atoms with Gasteiger partial charge < -0.3 is 18.8 Å². The van der Waals surface area contributed by atoms with E-state index in [4.69, 9.17) is 14.2 Å². The van der Waals surface area contributed by atoms with Gasteiger partial charge in [-0.2, -0.15) is 4.99 Å². The topological polar surface area (TPSA) is 62.1 Å². The Hall–Kier alpha value is -2.64. The molecule has 3 aromatic rings. The summed E-state index contributed by atoms with van der Waals surface area (Å²) in [6, 6.07) is 13.0. The smallest absolute Gasteiger partial charge is 0.279 e. The predicted molar refractivity (Wildman–Crippen MR) is 106 cm³/mol. The molecule has 0 bridgehead atoms. The summed E-state index contributed by atoms with van der Waals surface area (Å²) in [6.07, 6.45) is 0. The Bertz CT molecular complexity index is 984. The third-order valence-corrected chi connectivity index (χ3v) is 5.11. The third kappa shape index (κ3) is 4.37. The third-order valence-electron chi connectivity index (χ3n) is 4.05. The lowest BCUT2D eigenvalue weighted by atomic mass is 10.2. The van der Waals surface area contributed by atoms with Gasteiger partial charge in [-0.3, -0.25) is 4.79 Å². The van der Waals surface area contributed by atoms with Crippen LogP contribution >= 0.6 is 11.3 Å². The highest BCUT2D eigenvalue weighted by molar-refractivity contribution is 7.16. The number of carbonyl (C=O) groups is 1. The van der Waals surface area contributed by atoms with Crippen LogP contribution in [0, 0.1) is 0 Å². The second-order valence-electron chi connectivity index (χ2n) is 5.72. The molecule has 142 valence electrons. The number of ether oxygens (including phenoxy) is 3. The predicted octanol–water partition coefficient (Wildman–Crippen LogP) is 3.50. The van der Waals surface area contributed by atoms with E-state index < -0.39 is 0 Å². The molecule has 3 rings (SSSR count). The van der Waals surface area contributed by atoms with Gasteiger partial charge in [0.1, 0.15) is 11.5 Å². The molecule has 0 saturated carbocycles. The molecular weight excluding hydrogens is 364 g/mol. The van der Waals surface area contributed by atoms with Gasteiger partial charge >= 0.3 is 0 Å². The van der Waals surface area contributed by atoms with Crippen molar-refractivity contribution in [2.75, 3.05) is 27.4 Å². The Balaban J connectivity index is 2.04. The van der Waals surface area contributed by atoms with Gasteiger partial charge in [0, 0.05) is 24.8 Å². The number of carbonyl (C=O) groups excluding carboxylic acids is 1. The molecule has 0 radical (unpaired) electrons. The molecule has 2 aromatic carbocycles. The monoisotopic (exact) mass is 386 g/mol. The Morgan fingerprint density at radius 1 is 1.11 bits per heavy atom. The van der Waals surface area contributed by atoms with E-state index in [0.717, 1.165) is 10.2 Å². The number of thiazole rings is 1. The van der Waals surface area contributed by atoms with Gasteiger partial charge in [0.2, 0.25) is 0 Å². The number of para-hydroxylation sites is 1. The molecule has 6 nitrogen and oxygen atoms in total. The minimum absolute atomic E-state index is 0.344. The number of rotatable bonds is 7. The number of fused-ring (bicyclic) bond motifs is 1. The van der Waals surface area contributed by atoms with Crippen LogP contribution in [0.25, 0.3) is 10.2 Å². The first-order chi connectivity index (χ1) is 13.2. The van der Waals surface area contributed by atoms with Gasteiger partial charge in [-0.1, -0.05) is 23.5 Å². The summed E-state index contributed by atoms with van der Waals surface area (Å²) in [6.45, 7) is 3.80. The van der Waals surface area contributed by atoms with Crippen molar-refractivity contribution in [2.45, 2.75) is 13.5 Å². The van der Waals surface area contributed by atoms with E-state index in [1.807, 2.05) is 35.8 Å². The first kappa shape index (κ1) is 19.1. The lowest BCUT2D eigenvalue weighted by Gasteiger charge is -2.07. The van der Waals surface area contributed by atoms with Gasteiger partial charge in [-0.25, -0.2) is 0 Å². The lowest BCUT2D eigenvalue weighted by Crippen LogP contribution is -2.19. The molecule has 0 fully saturated rings. The van der Waals surface area contributed by atoms with Crippen LogP contribution in [-0.4, -0.2) is 37.9 Å². The highest BCUT2D eigenvalue weighted by Gasteiger charge is 2.11. The molecule has 0 aliphatic rings. The molecule has 0 aliphatic carbocycles. The molecule has 1 amide bonds. The van der Waals surface area contributed by atoms with Crippen LogP contribution in [0.2, 0.25) is 0 Å². The molecule has 0 spiro atoms. The number of methoxy groups -OCH3 is 2. The molecule has 0 saturated heterocycles. The summed E-state index contributed by atoms with van der Waals surface area (Å²) in [5.74, 6) is 0.755. The normalized spacial score (nSPS) is 11.7. The highest BCUT2D eigenvalue weighted by Crippen LogP contribution is 2.23. The maximum Gasteiger partial charge on any atom is 0.279 e. The first-order valence-electron chi connectivity index (χ1n) is 8.64. The minimum Gasteiger partial charge on any atom is -0.497 e. The fourth-order valence-corrected chi connectivity index (χ4v) is 3.76. The average molecular weight is 386 g/mol. The van der Waals surface area contributed by atoms with Crippen molar-refractivity contribution >= 4 is 27.5 Å². The van der Waals surface area contributed by atoms with Crippen molar-refractivity contribution in [1.82, 2.24) is 4.57 Å². The fraction of sp³-hybridized carbons (Fsp3) is 0.300. The van der Waals surface area contributed by atoms with Crippen LogP contribution in [0.1, 0.15) is 17.3 Å². The number of aromatic nitrogens is 1. The largest absolute Gasteiger partial charge is 0.497 e. The van der Waals surface area contributed by atoms with Crippen LogP contribution in [0.5, 0.6) is 11.5 Å². The van der Waals surface area contributed by atoms with Crippen molar-refractivity contribution in [3.8, 4) is 11.5 Å². The second kappa shape index (κ2) is 8.83. The Kier molecular flexibility index (Phi) is 6.26. The maximum atomic E-state index is 12.8. The van der Waals surface area contributed by atoms with E-state index in [1.165, 1.54) is 11.3 Å². The number of hydrogen-bond donors (Lipinski definition) is 0. The molecule has 7 heteroatoms. The van der Waals surface area contributed by atoms with Crippen molar-refractivity contribution < 1.29 is 19.0 Å². The minimum atomic E-state index is -0.344. The zero-order valence-corrected chi connectivity index (χ0v) is 16.4. The molecule has 1 heterocycles. The molecular formula is C20H22N2O4S. The standard InChI is InChI=1S/C20H22N2O4S/c1-4-26-10-9-22-17-7-5-6-8-18(17)27-20(22)21-19(23)14-11-15(24-2)13-16(12-14)25-3/h5-8,11-13H,4,9-10H2,1-3H3. The zero-order chi connectivity index (χ0) is 19.2. The van der Waals surface area contributed by atoms with Crippen molar-refractivity contribution in [3.05, 3.63) is 52.8 Å². The van der Waals surface area contributed by atoms with E-state index in [-0.39, 0.29) is 5.91 Å². The summed E-state index contributed by atoms with van der Waals surface area (Å²) in [5, 5.41) is 0. The van der Waals surface area contributed by atoms with Crippen molar-refractivity contribution in [1.29, 1.82) is 0 Å². The Morgan fingerprint density at radius 3 is 2.48 bits per heavy atom. The number of amides is 1. The number of benzene rings is 2. The molecule has 0 N–H and O–H groups in total. The van der Waals surface area contributed by atoms with E-state index in [1.54, 1.807) is 32.4 Å². The van der Waals surface area contributed by atoms with Gasteiger partial charge in [0.25, 0.3) is 5.91 Å². The molecule has 0 unspecified atom stereocenters. The molecule has 0 aliphatic heterocycles. The van der Waals surface area contributed by atoms with Crippen LogP contribution in [-0.2, 0) is 11.3 Å². The lowest BCUT2D eigenvalue weighted by molar-refractivity contribution is 0.0996. The van der Waals surface area contributed by atoms with Gasteiger partial charge in [-0.15, -0.1) is 0 Å². The Labute approximate surface area is 161 Å². The van der Waals surface area contributed by atoms with E-state index >= 15 is 0 Å². The van der Waals surface area contributed by atoms with Crippen LogP contribution in [0.4, 0.5) is 0 Å². The highest BCUT2D eigenvalue weighted by atomic mass is 32.1. The average Bonchev–Trinajstić information content (AvgIpc) is 3.04. The van der Waals surface area contributed by atoms with Gasteiger partial charge in [0.15, 0.2) is 4.80 Å². The summed E-state index contributed by atoms with van der Waals surface area (Å²) in [4.78, 5) is 17.8. The van der Waals surface area contributed by atoms with Gasteiger partial charge in [0.05, 0.1) is 31.0 Å². The van der Waals surface area contributed by atoms with Gasteiger partial charge in [-0.05, 0) is 31.2 Å². The van der Waals surface area contributed by atoms with Crippen LogP contribution in [0.3, 0.4) is 0 Å². The second-order valence-corrected chi connectivity index (χ2v) is 6.73. The zero-order valence-electron chi connectivity index (χ0n) is 15.6. The van der Waals surface area contributed by atoms with Crippen LogP contribution < -0.4 is 14.3 Å². The maximum absolute atomic E-state index is 12.8. The van der Waals surface area contributed by atoms with Crippen LogP contribution in [0.15, 0.2) is 47.5 Å². The first-order valence-corrected chi connectivity index (χ1v) is 9.46.